The van der Waals surface area contributed by atoms with Crippen LogP contribution in [0.5, 0.6) is 0 Å². The van der Waals surface area contributed by atoms with Crippen LogP contribution in [0.2, 0.25) is 5.02 Å². The molecule has 0 atom stereocenters. The van der Waals surface area contributed by atoms with Gasteiger partial charge in [-0.2, -0.15) is 5.26 Å². The number of aromatic nitrogens is 2. The molecule has 0 aliphatic carbocycles. The number of nitriles is 1. The van der Waals surface area contributed by atoms with Crippen LogP contribution in [0.25, 0.3) is 66.1 Å². The summed E-state index contributed by atoms with van der Waals surface area (Å²) in [5.41, 5.74) is 13.9. The lowest BCUT2D eigenvalue weighted by molar-refractivity contribution is 0.590. The van der Waals surface area contributed by atoms with Crippen molar-refractivity contribution < 1.29 is 0 Å². The highest BCUT2D eigenvalue weighted by Gasteiger charge is 2.26. The second-order valence-corrected chi connectivity index (χ2v) is 20.5. The van der Waals surface area contributed by atoms with Crippen molar-refractivity contribution >= 4 is 55.2 Å². The molecule has 0 bridgehead atoms. The van der Waals surface area contributed by atoms with Crippen molar-refractivity contribution in [2.24, 2.45) is 0 Å². The van der Waals surface area contributed by atoms with Crippen LogP contribution in [0.3, 0.4) is 0 Å². The molecule has 0 radical (unpaired) electrons. The molecule has 0 N–H and O–H groups in total. The monoisotopic (exact) mass is 767 g/mol. The van der Waals surface area contributed by atoms with Gasteiger partial charge in [0.15, 0.2) is 0 Å². The predicted molar refractivity (Wildman–Crippen MR) is 245 cm³/mol. The lowest BCUT2D eigenvalue weighted by Gasteiger charge is -2.21. The summed E-state index contributed by atoms with van der Waals surface area (Å²) in [6.45, 7) is 27.3. The van der Waals surface area contributed by atoms with E-state index in [1.165, 1.54) is 43.8 Å². The highest BCUT2D eigenvalue weighted by Crippen LogP contribution is 2.45. The van der Waals surface area contributed by atoms with Gasteiger partial charge in [0.05, 0.1) is 50.1 Å². The van der Waals surface area contributed by atoms with E-state index < -0.39 is 0 Å². The second-order valence-electron chi connectivity index (χ2n) is 20.1. The molecule has 3 nitrogen and oxygen atoms in total. The summed E-state index contributed by atoms with van der Waals surface area (Å²) in [6.07, 6.45) is 0. The number of halogens is 1. The van der Waals surface area contributed by atoms with E-state index >= 15 is 0 Å². The van der Waals surface area contributed by atoms with Gasteiger partial charge in [-0.1, -0.05) is 131 Å². The lowest BCUT2D eigenvalue weighted by Crippen LogP contribution is -2.10. The topological polar surface area (TPSA) is 33.6 Å². The number of nitrogens with zero attached hydrogens (tertiary/aromatic N) is 3. The van der Waals surface area contributed by atoms with Gasteiger partial charge in [-0.3, -0.25) is 0 Å². The van der Waals surface area contributed by atoms with Crippen molar-refractivity contribution in [3.8, 4) is 28.6 Å². The average molecular weight is 768 g/mol. The zero-order valence-corrected chi connectivity index (χ0v) is 36.4. The Morgan fingerprint density at radius 3 is 1.05 bits per heavy atom. The number of benzene rings is 6. The van der Waals surface area contributed by atoms with Crippen LogP contribution in [0.4, 0.5) is 0 Å². The van der Waals surface area contributed by atoms with Crippen molar-refractivity contribution in [2.75, 3.05) is 0 Å². The Hall–Kier alpha value is -5.30. The van der Waals surface area contributed by atoms with E-state index in [-0.39, 0.29) is 21.7 Å². The van der Waals surface area contributed by atoms with Gasteiger partial charge >= 0.3 is 0 Å². The maximum Gasteiger partial charge on any atom is 0.0991 e. The van der Waals surface area contributed by atoms with Gasteiger partial charge in [0.25, 0.3) is 0 Å². The highest BCUT2D eigenvalue weighted by molar-refractivity contribution is 6.35. The molecule has 6 aromatic carbocycles. The maximum absolute atomic E-state index is 9.98. The predicted octanol–water partition coefficient (Wildman–Crippen LogP) is 15.3. The average Bonchev–Trinajstić information content (AvgIpc) is 3.65. The van der Waals surface area contributed by atoms with Crippen LogP contribution >= 0.6 is 11.6 Å². The van der Waals surface area contributed by atoms with Gasteiger partial charge in [0, 0.05) is 21.5 Å². The molecule has 2 heterocycles. The van der Waals surface area contributed by atoms with E-state index in [0.717, 1.165) is 44.6 Å². The Balaban J connectivity index is 1.53. The molecule has 0 saturated heterocycles. The number of fused-ring (bicyclic) bond motifs is 6. The summed E-state index contributed by atoms with van der Waals surface area (Å²) in [7, 11) is 0. The van der Waals surface area contributed by atoms with Crippen molar-refractivity contribution in [1.29, 1.82) is 5.26 Å². The smallest absolute Gasteiger partial charge is 0.0991 e. The third-order valence-electron chi connectivity index (χ3n) is 11.8. The van der Waals surface area contributed by atoms with Crippen molar-refractivity contribution in [3.63, 3.8) is 0 Å². The molecule has 0 aliphatic heterocycles. The molecule has 0 saturated carbocycles. The van der Waals surface area contributed by atoms with Gasteiger partial charge in [-0.25, -0.2) is 0 Å². The molecule has 0 unspecified atom stereocenters. The minimum Gasteiger partial charge on any atom is -0.308 e. The SMILES string of the molecule is CC(C)(C)c1ccc2c(c1)c1cc(C(C)(C)C)ccc1n2-c1cc(-c2cccc(C#N)c2)cc(-n2c3ccc(C(C)(C)C)cc3c3cc(C(C)(C)C)ccc32)c1Cl. The van der Waals surface area contributed by atoms with Gasteiger partial charge in [-0.15, -0.1) is 0 Å². The van der Waals surface area contributed by atoms with Crippen molar-refractivity contribution in [2.45, 2.75) is 105 Å². The summed E-state index contributed by atoms with van der Waals surface area (Å²) >= 11 is 7.93. The molecule has 8 rings (SSSR count). The van der Waals surface area contributed by atoms with Gasteiger partial charge in [0.2, 0.25) is 0 Å². The molecule has 2 aromatic heterocycles. The second kappa shape index (κ2) is 13.1. The molecule has 4 heteroatoms. The Morgan fingerprint density at radius 2 is 0.754 bits per heavy atom. The summed E-state index contributed by atoms with van der Waals surface area (Å²) in [5, 5.41) is 15.5. The fourth-order valence-electron chi connectivity index (χ4n) is 8.29. The molecule has 0 fully saturated rings. The van der Waals surface area contributed by atoms with E-state index in [9.17, 15) is 5.26 Å². The largest absolute Gasteiger partial charge is 0.308 e. The van der Waals surface area contributed by atoms with Crippen molar-refractivity contribution in [3.05, 3.63) is 142 Å². The molecular formula is C53H54ClN3. The molecule has 8 aromatic rings. The van der Waals surface area contributed by atoms with Crippen LogP contribution in [-0.2, 0) is 21.7 Å². The summed E-state index contributed by atoms with van der Waals surface area (Å²) in [4.78, 5) is 0. The first-order valence-electron chi connectivity index (χ1n) is 20.2. The van der Waals surface area contributed by atoms with Crippen LogP contribution in [0.15, 0.2) is 109 Å². The van der Waals surface area contributed by atoms with Gasteiger partial charge in [-0.05, 0) is 128 Å². The number of hydrogen-bond acceptors (Lipinski definition) is 1. The lowest BCUT2D eigenvalue weighted by atomic mass is 9.85. The summed E-state index contributed by atoms with van der Waals surface area (Å²) in [5.74, 6) is 0. The minimum absolute atomic E-state index is 0.0169. The Kier molecular flexibility index (Phi) is 8.88. The fraction of sp³-hybridized carbons (Fsp3) is 0.302. The third kappa shape index (κ3) is 6.63. The normalized spacial score (nSPS) is 13.0. The van der Waals surface area contributed by atoms with Crippen LogP contribution in [-0.4, -0.2) is 9.13 Å². The Morgan fingerprint density at radius 1 is 0.421 bits per heavy atom. The molecular weight excluding hydrogens is 714 g/mol. The van der Waals surface area contributed by atoms with Crippen LogP contribution in [0.1, 0.15) is 111 Å². The Labute approximate surface area is 343 Å². The van der Waals surface area contributed by atoms with E-state index in [1.807, 2.05) is 18.2 Å². The molecule has 0 spiro atoms. The minimum atomic E-state index is -0.0169. The van der Waals surface area contributed by atoms with Crippen LogP contribution < -0.4 is 0 Å². The first-order valence-corrected chi connectivity index (χ1v) is 20.6. The molecule has 288 valence electrons. The number of hydrogen-bond donors (Lipinski definition) is 0. The Bertz CT molecular complexity index is 2640. The van der Waals surface area contributed by atoms with Crippen LogP contribution in [0, 0.1) is 11.3 Å². The summed E-state index contributed by atoms with van der Waals surface area (Å²) < 4.78 is 4.71. The van der Waals surface area contributed by atoms with E-state index in [4.69, 9.17) is 11.6 Å². The summed E-state index contributed by atoms with van der Waals surface area (Å²) in [6, 6.07) is 42.3. The quantitative estimate of drug-likeness (QED) is 0.176. The van der Waals surface area contributed by atoms with Gasteiger partial charge in [0.1, 0.15) is 0 Å². The maximum atomic E-state index is 9.98. The number of rotatable bonds is 3. The van der Waals surface area contributed by atoms with E-state index in [2.05, 4.69) is 189 Å². The van der Waals surface area contributed by atoms with Crippen molar-refractivity contribution in [1.82, 2.24) is 9.13 Å². The highest BCUT2D eigenvalue weighted by atomic mass is 35.5. The molecule has 57 heavy (non-hydrogen) atoms. The molecule has 0 aliphatic rings. The first-order chi connectivity index (χ1) is 26.6. The standard InChI is InChI=1S/C53H54ClN3/c1-50(2,3)35-16-20-43-39(27-35)40-28-36(51(4,5)6)17-21-44(40)56(43)47-25-34(33-15-13-14-32(24-33)31-55)26-48(49(47)54)57-45-22-18-37(52(7,8)9)29-41(45)42-30-38(53(10,11)12)19-23-46(42)57/h13-30H,1-12H3. The van der Waals surface area contributed by atoms with E-state index in [0.29, 0.717) is 10.6 Å². The zero-order chi connectivity index (χ0) is 41.0. The third-order valence-corrected chi connectivity index (χ3v) is 12.2. The molecule has 0 amide bonds. The van der Waals surface area contributed by atoms with E-state index in [1.54, 1.807) is 0 Å². The fourth-order valence-corrected chi connectivity index (χ4v) is 8.56. The van der Waals surface area contributed by atoms with Gasteiger partial charge < -0.3 is 9.13 Å². The first kappa shape index (κ1) is 38.6. The zero-order valence-electron chi connectivity index (χ0n) is 35.6.